The van der Waals surface area contributed by atoms with Crippen molar-refractivity contribution >= 4 is 40.7 Å². The highest BCUT2D eigenvalue weighted by atomic mass is 32.2. The van der Waals surface area contributed by atoms with E-state index in [-0.39, 0.29) is 109 Å². The third kappa shape index (κ3) is 25.1. The van der Waals surface area contributed by atoms with Gasteiger partial charge in [-0.05, 0) is 136 Å². The number of hydrogen-bond acceptors (Lipinski definition) is 14. The predicted molar refractivity (Wildman–Crippen MR) is 386 cm³/mol. The lowest BCUT2D eigenvalue weighted by Gasteiger charge is -2.37. The standard InChI is InChI=1S/C16H31NOS.2C15H30N2O.C15H29NO2.C15H29NO/c1-14(2,3)11-10-17(16(7,8)9)13(19-11)12(18)15(4,5)6;1-10(2)12(18)13-16-11(14(3,4)5)9-17(13)15(6,7)8;1-10(2)17-11(13(18)15(6,7)8)9-12(16-17)14(3,4)5;1-10(2)12(17)13-16(15(6,7)8)9-11(18-13)14(3,4)5;1-10(2)14(17)13-8-12(15(5,6)7)9-16(13)11(3)4/h11,13H,10H2,1-9H3;10-11,13,16H,9H2,1-8H3;10-12,16H,9H2,1-8H3;10-11,13H,9H2,1-8H3;10-13H,8-9H2,1-7H3. The van der Waals surface area contributed by atoms with Crippen LogP contribution in [0.5, 0.6) is 0 Å². The Morgan fingerprint density at radius 2 is 0.856 bits per heavy atom. The third-order valence-electron chi connectivity index (χ3n) is 19.0. The van der Waals surface area contributed by atoms with Crippen molar-refractivity contribution in [1.82, 2.24) is 35.4 Å². The zero-order valence-corrected chi connectivity index (χ0v) is 67.3. The van der Waals surface area contributed by atoms with Crippen LogP contribution in [0.15, 0.2) is 0 Å². The summed E-state index contributed by atoms with van der Waals surface area (Å²) >= 11 is 1.86. The second-order valence-corrected chi connectivity index (χ2v) is 40.7. The summed E-state index contributed by atoms with van der Waals surface area (Å²) in [5.74, 6) is 2.50. The average molecular weight is 1290 g/mol. The van der Waals surface area contributed by atoms with Crippen LogP contribution in [-0.4, -0.2) is 162 Å². The highest BCUT2D eigenvalue weighted by Gasteiger charge is 2.51. The number of ether oxygens (including phenoxy) is 1. The van der Waals surface area contributed by atoms with Crippen LogP contribution in [0.2, 0.25) is 0 Å². The fourth-order valence-electron chi connectivity index (χ4n) is 11.9. The number of ketones is 5. The number of carbonyl (C=O) groups is 5. The Balaban J connectivity index is 0.000000563. The van der Waals surface area contributed by atoms with E-state index in [0.29, 0.717) is 63.9 Å². The van der Waals surface area contributed by atoms with Crippen molar-refractivity contribution in [3.8, 4) is 0 Å². The maximum absolute atomic E-state index is 12.7. The van der Waals surface area contributed by atoms with E-state index >= 15 is 0 Å². The molecule has 10 atom stereocenters. The van der Waals surface area contributed by atoms with Gasteiger partial charge in [-0.15, -0.1) is 11.8 Å². The number of nitrogens with zero attached hydrogens (tertiary/aromatic N) is 5. The highest BCUT2D eigenvalue weighted by Crippen LogP contribution is 2.46. The summed E-state index contributed by atoms with van der Waals surface area (Å²) in [5.41, 5.74) is 3.98. The first-order valence-corrected chi connectivity index (χ1v) is 36.0. The molecule has 0 radical (unpaired) electrons. The van der Waals surface area contributed by atoms with E-state index in [1.54, 1.807) is 0 Å². The van der Waals surface area contributed by atoms with Gasteiger partial charge in [-0.2, -0.15) is 0 Å². The van der Waals surface area contributed by atoms with Crippen LogP contribution in [0, 0.1) is 61.6 Å². The number of carbonyl (C=O) groups excluding carboxylic acids is 5. The van der Waals surface area contributed by atoms with Crippen LogP contribution in [0.1, 0.15) is 290 Å². The van der Waals surface area contributed by atoms with Crippen molar-refractivity contribution < 1.29 is 28.7 Å². The number of rotatable bonds is 10. The smallest absolute Gasteiger partial charge is 0.179 e. The van der Waals surface area contributed by atoms with Crippen molar-refractivity contribution in [3.63, 3.8) is 0 Å². The molecule has 5 aliphatic heterocycles. The number of Topliss-reactive ketones (excluding diaryl/α,β-unsaturated/α-hetero) is 5. The van der Waals surface area contributed by atoms with Gasteiger partial charge in [0.05, 0.1) is 18.2 Å². The quantitative estimate of drug-likeness (QED) is 0.215. The van der Waals surface area contributed by atoms with Gasteiger partial charge in [-0.3, -0.25) is 54.3 Å². The summed E-state index contributed by atoms with van der Waals surface area (Å²) in [5, 5.41) is 6.22. The first kappa shape index (κ1) is 86.4. The van der Waals surface area contributed by atoms with Gasteiger partial charge in [0.1, 0.15) is 11.5 Å². The summed E-state index contributed by atoms with van der Waals surface area (Å²) in [7, 11) is 0. The van der Waals surface area contributed by atoms with Gasteiger partial charge in [0.15, 0.2) is 35.1 Å². The molecule has 13 nitrogen and oxygen atoms in total. The Bertz CT molecular complexity index is 2230. The normalized spacial score (nSPS) is 26.9. The Morgan fingerprint density at radius 3 is 1.19 bits per heavy atom. The maximum Gasteiger partial charge on any atom is 0.179 e. The molecule has 0 aromatic rings. The molecule has 5 rings (SSSR count). The molecule has 0 aliphatic carbocycles. The molecule has 5 fully saturated rings. The van der Waals surface area contributed by atoms with Crippen molar-refractivity contribution in [1.29, 1.82) is 0 Å². The summed E-state index contributed by atoms with van der Waals surface area (Å²) in [4.78, 5) is 71.6. The summed E-state index contributed by atoms with van der Waals surface area (Å²) in [6.45, 7) is 89.7. The monoisotopic (exact) mass is 1290 g/mol. The summed E-state index contributed by atoms with van der Waals surface area (Å²) in [6.07, 6.45) is 1.56. The Hall–Kier alpha value is -1.62. The van der Waals surface area contributed by atoms with Gasteiger partial charge in [0.2, 0.25) is 0 Å². The molecule has 0 saturated carbocycles. The molecule has 0 aromatic carbocycles. The molecule has 5 aliphatic rings. The Labute approximate surface area is 561 Å². The largest absolute Gasteiger partial charge is 0.351 e. The fraction of sp³-hybridized carbons (Fsp3) is 0.934. The van der Waals surface area contributed by atoms with E-state index in [0.717, 1.165) is 39.0 Å². The van der Waals surface area contributed by atoms with Crippen molar-refractivity contribution in [2.75, 3.05) is 26.2 Å². The molecule has 5 saturated heterocycles. The minimum atomic E-state index is -0.380. The molecule has 90 heavy (non-hydrogen) atoms. The van der Waals surface area contributed by atoms with Crippen LogP contribution in [0.25, 0.3) is 0 Å². The summed E-state index contributed by atoms with van der Waals surface area (Å²) < 4.78 is 6.06. The third-order valence-corrected chi connectivity index (χ3v) is 20.9. The molecule has 5 heterocycles. The van der Waals surface area contributed by atoms with E-state index in [1.165, 1.54) is 0 Å². The zero-order chi connectivity index (χ0) is 71.5. The molecule has 2 N–H and O–H groups in total. The van der Waals surface area contributed by atoms with Crippen LogP contribution < -0.4 is 10.7 Å². The van der Waals surface area contributed by atoms with E-state index in [1.807, 2.05) is 94.8 Å². The molecule has 10 unspecified atom stereocenters. The van der Waals surface area contributed by atoms with Crippen molar-refractivity contribution in [2.24, 2.45) is 61.6 Å². The molecular formula is C76H149N7O6S. The molecule has 0 aromatic heterocycles. The second kappa shape index (κ2) is 31.7. The number of nitrogens with one attached hydrogen (secondary N) is 2. The molecular weight excluding hydrogens is 1140 g/mol. The van der Waals surface area contributed by atoms with E-state index in [9.17, 15) is 24.0 Å². The van der Waals surface area contributed by atoms with Gasteiger partial charge < -0.3 is 4.74 Å². The number of thioether (sulfide) groups is 1. The first-order valence-electron chi connectivity index (χ1n) is 35.1. The van der Waals surface area contributed by atoms with Gasteiger partial charge in [0.25, 0.3) is 0 Å². The lowest BCUT2D eigenvalue weighted by molar-refractivity contribution is -0.145. The molecule has 0 spiro atoms. The summed E-state index contributed by atoms with van der Waals surface area (Å²) in [6, 6.07) is 1.71. The topological polar surface area (TPSA) is 135 Å². The predicted octanol–water partition coefficient (Wildman–Crippen LogP) is 16.3. The fourth-order valence-corrected chi connectivity index (χ4v) is 13.9. The van der Waals surface area contributed by atoms with Crippen LogP contribution >= 0.6 is 11.8 Å². The van der Waals surface area contributed by atoms with Gasteiger partial charge in [0, 0.05) is 101 Å². The van der Waals surface area contributed by atoms with Gasteiger partial charge in [-0.25, -0.2) is 5.01 Å². The molecule has 530 valence electrons. The molecule has 0 bridgehead atoms. The van der Waals surface area contributed by atoms with Crippen LogP contribution in [0.3, 0.4) is 0 Å². The minimum absolute atomic E-state index is 0.00391. The van der Waals surface area contributed by atoms with Crippen LogP contribution in [-0.2, 0) is 28.7 Å². The van der Waals surface area contributed by atoms with Crippen molar-refractivity contribution in [2.45, 2.75) is 372 Å². The highest BCUT2D eigenvalue weighted by molar-refractivity contribution is 8.01. The molecule has 0 amide bonds. The minimum Gasteiger partial charge on any atom is -0.351 e. The second-order valence-electron chi connectivity index (χ2n) is 39.4. The van der Waals surface area contributed by atoms with Gasteiger partial charge in [-0.1, -0.05) is 187 Å². The number of hydrazine groups is 1. The van der Waals surface area contributed by atoms with E-state index < -0.39 is 0 Å². The SMILES string of the molecule is CC(C)(C)C(=O)C1SC(C(C)(C)C)CN1C(C)(C)C.CC(C)C(=O)C1CC(C(C)(C)C)CN1C(C)C.CC(C)C(=O)C1NC(C(C)(C)C)CN1C(C)(C)C.CC(C)C(=O)C1OC(C(C)(C)C)CN1C(C)(C)C.CC(C)N1NC(C(C)(C)C)CC1C(=O)C(C)(C)C. The lowest BCUT2D eigenvalue weighted by Crippen LogP contribution is -2.52. The lowest BCUT2D eigenvalue weighted by atomic mass is 9.79. The van der Waals surface area contributed by atoms with Crippen molar-refractivity contribution in [3.05, 3.63) is 0 Å². The van der Waals surface area contributed by atoms with E-state index in [4.69, 9.17) is 4.74 Å². The van der Waals surface area contributed by atoms with Crippen LogP contribution in [0.4, 0.5) is 0 Å². The Morgan fingerprint density at radius 1 is 0.422 bits per heavy atom. The average Bonchev–Trinajstić information content (AvgIpc) is 1.68. The number of hydrogen-bond donors (Lipinski definition) is 2. The molecule has 14 heteroatoms. The Kier molecular flexibility index (Phi) is 30.4. The maximum atomic E-state index is 12.7. The van der Waals surface area contributed by atoms with Gasteiger partial charge >= 0.3 is 0 Å². The number of likely N-dealkylation sites (tertiary alicyclic amines) is 1. The zero-order valence-electron chi connectivity index (χ0n) is 66.5. The van der Waals surface area contributed by atoms with E-state index in [2.05, 4.69) is 229 Å². The first-order chi connectivity index (χ1) is 39.7.